The average molecular weight is 214 g/mol. The number of aryl methyl sites for hydroxylation is 1. The van der Waals surface area contributed by atoms with Gasteiger partial charge in [0.25, 0.3) is 0 Å². The van der Waals surface area contributed by atoms with Gasteiger partial charge in [0.2, 0.25) is 0 Å². The van der Waals surface area contributed by atoms with Crippen molar-refractivity contribution in [2.24, 2.45) is 0 Å². The standard InChI is InChI=1S/C11H16ClNO/c1-4-10-5-6-11(14-10)9(3)13-7-8(2)12/h5-6,9,13H,2,4,7H2,1,3H3. The number of hydrogen-bond donors (Lipinski definition) is 1. The molecule has 1 heterocycles. The van der Waals surface area contributed by atoms with E-state index in [9.17, 15) is 0 Å². The quantitative estimate of drug-likeness (QED) is 0.813. The number of hydrogen-bond acceptors (Lipinski definition) is 2. The third kappa shape index (κ3) is 3.20. The first-order chi connectivity index (χ1) is 6.63. The van der Waals surface area contributed by atoms with Crippen LogP contribution in [0.5, 0.6) is 0 Å². The minimum atomic E-state index is 0.172. The third-order valence-electron chi connectivity index (χ3n) is 2.06. The Balaban J connectivity index is 2.51. The van der Waals surface area contributed by atoms with Gasteiger partial charge in [-0.1, -0.05) is 25.1 Å². The van der Waals surface area contributed by atoms with E-state index in [1.807, 2.05) is 19.1 Å². The second-order valence-electron chi connectivity index (χ2n) is 3.28. The lowest BCUT2D eigenvalue weighted by molar-refractivity contribution is 0.416. The van der Waals surface area contributed by atoms with E-state index in [1.165, 1.54) is 0 Å². The lowest BCUT2D eigenvalue weighted by Gasteiger charge is -2.09. The monoisotopic (exact) mass is 213 g/mol. The summed E-state index contributed by atoms with van der Waals surface area (Å²) >= 11 is 5.65. The van der Waals surface area contributed by atoms with E-state index in [2.05, 4.69) is 18.8 Å². The fraction of sp³-hybridized carbons (Fsp3) is 0.455. The molecular formula is C11H16ClNO. The van der Waals surface area contributed by atoms with Crippen LogP contribution in [0.2, 0.25) is 0 Å². The van der Waals surface area contributed by atoms with E-state index >= 15 is 0 Å². The van der Waals surface area contributed by atoms with Crippen LogP contribution in [0.25, 0.3) is 0 Å². The number of furan rings is 1. The Hall–Kier alpha value is -0.730. The van der Waals surface area contributed by atoms with E-state index in [4.69, 9.17) is 16.0 Å². The minimum Gasteiger partial charge on any atom is -0.464 e. The molecule has 0 bridgehead atoms. The Morgan fingerprint density at radius 2 is 2.36 bits per heavy atom. The van der Waals surface area contributed by atoms with Crippen LogP contribution in [0.1, 0.15) is 31.4 Å². The molecule has 1 rings (SSSR count). The van der Waals surface area contributed by atoms with Gasteiger partial charge in [-0.2, -0.15) is 0 Å². The Kier molecular flexibility index (Phi) is 4.23. The van der Waals surface area contributed by atoms with Gasteiger partial charge < -0.3 is 9.73 Å². The molecule has 0 spiro atoms. The molecule has 0 saturated heterocycles. The van der Waals surface area contributed by atoms with Crippen molar-refractivity contribution in [2.75, 3.05) is 6.54 Å². The molecule has 0 fully saturated rings. The van der Waals surface area contributed by atoms with Gasteiger partial charge >= 0.3 is 0 Å². The van der Waals surface area contributed by atoms with Gasteiger partial charge in [-0.15, -0.1) is 0 Å². The second-order valence-corrected chi connectivity index (χ2v) is 3.81. The summed E-state index contributed by atoms with van der Waals surface area (Å²) in [5.74, 6) is 1.96. The number of rotatable bonds is 5. The maximum absolute atomic E-state index is 5.65. The Bertz CT molecular complexity index is 306. The molecule has 0 aliphatic heterocycles. The van der Waals surface area contributed by atoms with E-state index < -0.39 is 0 Å². The van der Waals surface area contributed by atoms with Crippen molar-refractivity contribution in [3.8, 4) is 0 Å². The molecule has 1 unspecified atom stereocenters. The fourth-order valence-electron chi connectivity index (χ4n) is 1.18. The highest BCUT2D eigenvalue weighted by Gasteiger charge is 2.08. The summed E-state index contributed by atoms with van der Waals surface area (Å²) in [6, 6.07) is 4.17. The first kappa shape index (κ1) is 11.3. The van der Waals surface area contributed by atoms with Gasteiger partial charge in [-0.3, -0.25) is 0 Å². The summed E-state index contributed by atoms with van der Waals surface area (Å²) in [4.78, 5) is 0. The van der Waals surface area contributed by atoms with E-state index in [1.54, 1.807) is 0 Å². The summed E-state index contributed by atoms with van der Waals surface area (Å²) in [5.41, 5.74) is 0. The lowest BCUT2D eigenvalue weighted by Crippen LogP contribution is -2.19. The molecule has 0 radical (unpaired) electrons. The van der Waals surface area contributed by atoms with Crippen LogP contribution < -0.4 is 5.32 Å². The van der Waals surface area contributed by atoms with Crippen molar-refractivity contribution in [3.05, 3.63) is 35.3 Å². The van der Waals surface area contributed by atoms with Gasteiger partial charge in [0.1, 0.15) is 11.5 Å². The third-order valence-corrected chi connectivity index (χ3v) is 2.19. The number of nitrogens with one attached hydrogen (secondary N) is 1. The van der Waals surface area contributed by atoms with Crippen LogP contribution in [-0.4, -0.2) is 6.54 Å². The molecule has 78 valence electrons. The first-order valence-electron chi connectivity index (χ1n) is 4.78. The maximum atomic E-state index is 5.65. The van der Waals surface area contributed by atoms with Crippen LogP contribution in [-0.2, 0) is 6.42 Å². The smallest absolute Gasteiger partial charge is 0.120 e. The largest absolute Gasteiger partial charge is 0.464 e. The second kappa shape index (κ2) is 5.23. The summed E-state index contributed by atoms with van der Waals surface area (Å²) in [5, 5.41) is 3.82. The van der Waals surface area contributed by atoms with Gasteiger partial charge in [0.05, 0.1) is 6.04 Å². The Labute approximate surface area is 89.9 Å². The normalized spacial score (nSPS) is 12.8. The maximum Gasteiger partial charge on any atom is 0.120 e. The molecule has 1 aromatic rings. The molecule has 0 saturated carbocycles. The number of halogens is 1. The van der Waals surface area contributed by atoms with E-state index in [0.29, 0.717) is 11.6 Å². The van der Waals surface area contributed by atoms with Gasteiger partial charge in [0, 0.05) is 18.0 Å². The molecule has 0 amide bonds. The van der Waals surface area contributed by atoms with Crippen molar-refractivity contribution >= 4 is 11.6 Å². The highest BCUT2D eigenvalue weighted by atomic mass is 35.5. The summed E-state index contributed by atoms with van der Waals surface area (Å²) in [6.07, 6.45) is 0.926. The molecule has 0 aliphatic rings. The predicted molar refractivity (Wildman–Crippen MR) is 59.5 cm³/mol. The highest BCUT2D eigenvalue weighted by Crippen LogP contribution is 2.16. The molecule has 14 heavy (non-hydrogen) atoms. The van der Waals surface area contributed by atoms with Gasteiger partial charge in [-0.25, -0.2) is 0 Å². The lowest BCUT2D eigenvalue weighted by atomic mass is 10.2. The first-order valence-corrected chi connectivity index (χ1v) is 5.16. The molecule has 3 heteroatoms. The van der Waals surface area contributed by atoms with Crippen LogP contribution in [0.4, 0.5) is 0 Å². The van der Waals surface area contributed by atoms with Crippen molar-refractivity contribution < 1.29 is 4.42 Å². The van der Waals surface area contributed by atoms with Crippen LogP contribution in [0.15, 0.2) is 28.2 Å². The zero-order valence-corrected chi connectivity index (χ0v) is 9.40. The van der Waals surface area contributed by atoms with Gasteiger partial charge in [-0.05, 0) is 19.1 Å². The Morgan fingerprint density at radius 3 is 2.86 bits per heavy atom. The topological polar surface area (TPSA) is 25.2 Å². The molecule has 1 N–H and O–H groups in total. The molecule has 0 aliphatic carbocycles. The minimum absolute atomic E-state index is 0.172. The predicted octanol–water partition coefficient (Wildman–Crippen LogP) is 3.25. The van der Waals surface area contributed by atoms with E-state index in [-0.39, 0.29) is 6.04 Å². The van der Waals surface area contributed by atoms with Crippen molar-refractivity contribution in [1.29, 1.82) is 0 Å². The molecular weight excluding hydrogens is 198 g/mol. The zero-order chi connectivity index (χ0) is 10.6. The van der Waals surface area contributed by atoms with Crippen LogP contribution in [0, 0.1) is 0 Å². The molecule has 1 aromatic heterocycles. The van der Waals surface area contributed by atoms with Crippen molar-refractivity contribution in [3.63, 3.8) is 0 Å². The van der Waals surface area contributed by atoms with Crippen molar-refractivity contribution in [2.45, 2.75) is 26.3 Å². The summed E-state index contributed by atoms with van der Waals surface area (Å²) in [6.45, 7) is 8.33. The SMILES string of the molecule is C=C(Cl)CNC(C)c1ccc(CC)o1. The summed E-state index contributed by atoms with van der Waals surface area (Å²) in [7, 11) is 0. The van der Waals surface area contributed by atoms with Crippen LogP contribution >= 0.6 is 11.6 Å². The van der Waals surface area contributed by atoms with Crippen LogP contribution in [0.3, 0.4) is 0 Å². The summed E-state index contributed by atoms with van der Waals surface area (Å²) < 4.78 is 5.59. The fourth-order valence-corrected chi connectivity index (χ4v) is 1.26. The zero-order valence-electron chi connectivity index (χ0n) is 8.64. The molecule has 1 atom stereocenters. The van der Waals surface area contributed by atoms with E-state index in [0.717, 1.165) is 17.9 Å². The average Bonchev–Trinajstić information content (AvgIpc) is 2.62. The molecule has 0 aromatic carbocycles. The van der Waals surface area contributed by atoms with Gasteiger partial charge in [0.15, 0.2) is 0 Å². The highest BCUT2D eigenvalue weighted by molar-refractivity contribution is 6.29. The molecule has 2 nitrogen and oxygen atoms in total. The Morgan fingerprint density at radius 1 is 1.64 bits per heavy atom. The van der Waals surface area contributed by atoms with Crippen molar-refractivity contribution in [1.82, 2.24) is 5.32 Å².